The van der Waals surface area contributed by atoms with Gasteiger partial charge in [-0.2, -0.15) is 0 Å². The van der Waals surface area contributed by atoms with Gasteiger partial charge in [-0.1, -0.05) is 36.8 Å². The molecule has 0 saturated heterocycles. The van der Waals surface area contributed by atoms with Crippen molar-refractivity contribution in [3.63, 3.8) is 0 Å². The Kier molecular flexibility index (Phi) is 6.99. The predicted molar refractivity (Wildman–Crippen MR) is 125 cm³/mol. The van der Waals surface area contributed by atoms with Gasteiger partial charge < -0.3 is 19.2 Å². The summed E-state index contributed by atoms with van der Waals surface area (Å²) in [5, 5.41) is 2.93. The molecule has 0 radical (unpaired) electrons. The zero-order chi connectivity index (χ0) is 23.4. The number of benzene rings is 2. The fourth-order valence-electron chi connectivity index (χ4n) is 3.81. The monoisotopic (exact) mass is 449 g/mol. The van der Waals surface area contributed by atoms with Gasteiger partial charge in [0.15, 0.2) is 17.2 Å². The SMILES string of the molecule is CC[C@H](C)NC(=O)c1coc(CN(Cc2ccc3c(c2)OCO3)Cc2ccc(C)cc2C)n1. The number of nitrogens with zero attached hydrogens (tertiary/aromatic N) is 2. The predicted octanol–water partition coefficient (Wildman–Crippen LogP) is 4.75. The highest BCUT2D eigenvalue weighted by atomic mass is 16.7. The number of aromatic nitrogens is 1. The number of aryl methyl sites for hydroxylation is 2. The Bertz CT molecular complexity index is 1120. The number of amides is 1. The molecule has 1 aromatic heterocycles. The molecule has 1 N–H and O–H groups in total. The maximum absolute atomic E-state index is 12.4. The van der Waals surface area contributed by atoms with E-state index in [1.165, 1.54) is 23.0 Å². The maximum Gasteiger partial charge on any atom is 0.273 e. The molecule has 0 saturated carbocycles. The molecule has 33 heavy (non-hydrogen) atoms. The van der Waals surface area contributed by atoms with Crippen LogP contribution in [0.25, 0.3) is 0 Å². The quantitative estimate of drug-likeness (QED) is 0.508. The molecule has 7 heteroatoms. The summed E-state index contributed by atoms with van der Waals surface area (Å²) in [5.41, 5.74) is 5.13. The molecule has 2 aromatic carbocycles. The van der Waals surface area contributed by atoms with Crippen LogP contribution < -0.4 is 14.8 Å². The van der Waals surface area contributed by atoms with Crippen molar-refractivity contribution in [2.75, 3.05) is 6.79 Å². The van der Waals surface area contributed by atoms with E-state index in [2.05, 4.69) is 47.2 Å². The Hall–Kier alpha value is -3.32. The van der Waals surface area contributed by atoms with Crippen LogP contribution in [0, 0.1) is 13.8 Å². The zero-order valence-corrected chi connectivity index (χ0v) is 19.7. The molecule has 4 rings (SSSR count). The lowest BCUT2D eigenvalue weighted by Gasteiger charge is -2.22. The van der Waals surface area contributed by atoms with Crippen LogP contribution in [-0.4, -0.2) is 28.6 Å². The molecular weight excluding hydrogens is 418 g/mol. The van der Waals surface area contributed by atoms with E-state index < -0.39 is 0 Å². The van der Waals surface area contributed by atoms with E-state index in [0.717, 1.165) is 30.0 Å². The van der Waals surface area contributed by atoms with Crippen LogP contribution in [0.1, 0.15) is 58.9 Å². The lowest BCUT2D eigenvalue weighted by molar-refractivity contribution is 0.0934. The number of nitrogens with one attached hydrogen (secondary N) is 1. The van der Waals surface area contributed by atoms with Crippen LogP contribution >= 0.6 is 0 Å². The van der Waals surface area contributed by atoms with E-state index in [-0.39, 0.29) is 18.7 Å². The van der Waals surface area contributed by atoms with Crippen molar-refractivity contribution in [1.82, 2.24) is 15.2 Å². The zero-order valence-electron chi connectivity index (χ0n) is 19.7. The van der Waals surface area contributed by atoms with E-state index in [4.69, 9.17) is 13.9 Å². The Morgan fingerprint density at radius 2 is 1.91 bits per heavy atom. The van der Waals surface area contributed by atoms with Gasteiger partial charge in [0.05, 0.1) is 6.54 Å². The van der Waals surface area contributed by atoms with Crippen molar-refractivity contribution in [2.24, 2.45) is 0 Å². The van der Waals surface area contributed by atoms with Crippen LogP contribution in [-0.2, 0) is 19.6 Å². The Labute approximate surface area is 194 Å². The molecule has 1 amide bonds. The highest BCUT2D eigenvalue weighted by Crippen LogP contribution is 2.33. The van der Waals surface area contributed by atoms with Crippen molar-refractivity contribution in [3.8, 4) is 11.5 Å². The third-order valence-electron chi connectivity index (χ3n) is 5.87. The summed E-state index contributed by atoms with van der Waals surface area (Å²) >= 11 is 0. The third kappa shape index (κ3) is 5.73. The molecule has 1 aliphatic rings. The van der Waals surface area contributed by atoms with E-state index in [0.29, 0.717) is 24.7 Å². The third-order valence-corrected chi connectivity index (χ3v) is 5.87. The average Bonchev–Trinajstić information content (AvgIpc) is 3.44. The molecule has 0 bridgehead atoms. The first-order valence-corrected chi connectivity index (χ1v) is 11.3. The molecule has 1 atom stereocenters. The van der Waals surface area contributed by atoms with Crippen molar-refractivity contribution in [2.45, 2.75) is 59.8 Å². The van der Waals surface area contributed by atoms with Gasteiger partial charge in [0.25, 0.3) is 5.91 Å². The highest BCUT2D eigenvalue weighted by molar-refractivity contribution is 5.92. The fourth-order valence-corrected chi connectivity index (χ4v) is 3.81. The average molecular weight is 450 g/mol. The van der Waals surface area contributed by atoms with E-state index in [1.807, 2.05) is 32.0 Å². The number of hydrogen-bond acceptors (Lipinski definition) is 6. The van der Waals surface area contributed by atoms with Crippen LogP contribution in [0.15, 0.2) is 47.1 Å². The van der Waals surface area contributed by atoms with Gasteiger partial charge in [0, 0.05) is 19.1 Å². The van der Waals surface area contributed by atoms with Crippen molar-refractivity contribution < 1.29 is 18.7 Å². The minimum Gasteiger partial charge on any atom is -0.454 e. The Balaban J connectivity index is 1.53. The topological polar surface area (TPSA) is 76.8 Å². The fraction of sp³-hybridized carbons (Fsp3) is 0.385. The molecule has 0 aliphatic carbocycles. The number of carbonyl (C=O) groups is 1. The van der Waals surface area contributed by atoms with Gasteiger partial charge in [0.1, 0.15) is 6.26 Å². The van der Waals surface area contributed by atoms with Crippen LogP contribution in [0.2, 0.25) is 0 Å². The molecule has 0 fully saturated rings. The number of hydrogen-bond donors (Lipinski definition) is 1. The Morgan fingerprint density at radius 1 is 1.09 bits per heavy atom. The summed E-state index contributed by atoms with van der Waals surface area (Å²) in [6, 6.07) is 12.6. The maximum atomic E-state index is 12.4. The van der Waals surface area contributed by atoms with E-state index in [1.54, 1.807) is 0 Å². The Morgan fingerprint density at radius 3 is 2.70 bits per heavy atom. The van der Waals surface area contributed by atoms with Crippen molar-refractivity contribution in [1.29, 1.82) is 0 Å². The minimum atomic E-state index is -0.212. The second kappa shape index (κ2) is 10.1. The first kappa shape index (κ1) is 22.9. The number of oxazole rings is 1. The summed E-state index contributed by atoms with van der Waals surface area (Å²) in [7, 11) is 0. The molecular formula is C26H31N3O4. The first-order chi connectivity index (χ1) is 15.9. The van der Waals surface area contributed by atoms with Crippen LogP contribution in [0.3, 0.4) is 0 Å². The van der Waals surface area contributed by atoms with Crippen LogP contribution in [0.5, 0.6) is 11.5 Å². The van der Waals surface area contributed by atoms with Gasteiger partial charge >= 0.3 is 0 Å². The number of fused-ring (bicyclic) bond motifs is 1. The molecule has 0 unspecified atom stereocenters. The number of ether oxygens (including phenoxy) is 2. The van der Waals surface area contributed by atoms with Crippen molar-refractivity contribution in [3.05, 3.63) is 76.5 Å². The smallest absolute Gasteiger partial charge is 0.273 e. The van der Waals surface area contributed by atoms with Crippen LogP contribution in [0.4, 0.5) is 0 Å². The van der Waals surface area contributed by atoms with Gasteiger partial charge in [0.2, 0.25) is 12.7 Å². The summed E-state index contributed by atoms with van der Waals surface area (Å²) in [5.74, 6) is 1.83. The van der Waals surface area contributed by atoms with Gasteiger partial charge in [-0.3, -0.25) is 9.69 Å². The normalized spacial score (nSPS) is 13.4. The number of carbonyl (C=O) groups excluding carboxylic acids is 1. The van der Waals surface area contributed by atoms with Crippen molar-refractivity contribution >= 4 is 5.91 Å². The molecule has 7 nitrogen and oxygen atoms in total. The molecule has 0 spiro atoms. The van der Waals surface area contributed by atoms with Gasteiger partial charge in [-0.05, 0) is 56.0 Å². The molecule has 3 aromatic rings. The van der Waals surface area contributed by atoms with Gasteiger partial charge in [-0.15, -0.1) is 0 Å². The molecule has 1 aliphatic heterocycles. The lowest BCUT2D eigenvalue weighted by atomic mass is 10.0. The van der Waals surface area contributed by atoms with E-state index in [9.17, 15) is 4.79 Å². The summed E-state index contributed by atoms with van der Waals surface area (Å²) < 4.78 is 16.7. The standard InChI is InChI=1S/C26H31N3O4/c1-5-19(4)27-26(30)22-15-31-25(28-22)14-29(13-21-8-6-17(2)10-18(21)3)12-20-7-9-23-24(11-20)33-16-32-23/h6-11,15,19H,5,12-14,16H2,1-4H3,(H,27,30)/t19-/m0/s1. The summed E-state index contributed by atoms with van der Waals surface area (Å²) in [6.45, 7) is 10.3. The second-order valence-corrected chi connectivity index (χ2v) is 8.67. The second-order valence-electron chi connectivity index (χ2n) is 8.67. The summed E-state index contributed by atoms with van der Waals surface area (Å²) in [6.07, 6.45) is 2.29. The summed E-state index contributed by atoms with van der Waals surface area (Å²) in [4.78, 5) is 19.1. The lowest BCUT2D eigenvalue weighted by Crippen LogP contribution is -2.32. The highest BCUT2D eigenvalue weighted by Gasteiger charge is 2.19. The largest absolute Gasteiger partial charge is 0.454 e. The molecule has 2 heterocycles. The minimum absolute atomic E-state index is 0.0877. The first-order valence-electron chi connectivity index (χ1n) is 11.3. The molecule has 174 valence electrons. The van der Waals surface area contributed by atoms with E-state index >= 15 is 0 Å². The van der Waals surface area contributed by atoms with Gasteiger partial charge in [-0.25, -0.2) is 4.98 Å². The number of rotatable bonds is 9.